The number of hydrogen-bond acceptors (Lipinski definition) is 7. The Morgan fingerprint density at radius 1 is 1.15 bits per heavy atom. The van der Waals surface area contributed by atoms with Crippen molar-refractivity contribution in [1.29, 1.82) is 0 Å². The lowest BCUT2D eigenvalue weighted by Crippen LogP contribution is -2.49. The first-order valence-corrected chi connectivity index (χ1v) is 9.96. The van der Waals surface area contributed by atoms with Crippen LogP contribution in [-0.4, -0.2) is 58.3 Å². The van der Waals surface area contributed by atoms with Crippen molar-refractivity contribution in [3.05, 3.63) is 11.7 Å². The molecule has 1 spiro atoms. The van der Waals surface area contributed by atoms with Crippen LogP contribution in [0.2, 0.25) is 0 Å². The second kappa shape index (κ2) is 6.56. The number of carbonyl (C=O) groups excluding carboxylic acids is 2. The van der Waals surface area contributed by atoms with Crippen molar-refractivity contribution in [2.75, 3.05) is 19.7 Å². The molecule has 9 heteroatoms. The predicted octanol–water partition coefficient (Wildman–Crippen LogP) is 1.23. The molecule has 2 N–H and O–H groups in total. The summed E-state index contributed by atoms with van der Waals surface area (Å²) in [7, 11) is 0. The van der Waals surface area contributed by atoms with Gasteiger partial charge in [-0.3, -0.25) is 15.0 Å². The smallest absolute Gasteiger partial charge is 0.322 e. The van der Waals surface area contributed by atoms with Crippen molar-refractivity contribution in [2.24, 2.45) is 0 Å². The van der Waals surface area contributed by atoms with Crippen molar-refractivity contribution in [3.63, 3.8) is 0 Å². The number of nitrogens with zero attached hydrogens (tertiary/aromatic N) is 3. The van der Waals surface area contributed by atoms with Gasteiger partial charge in [-0.15, -0.1) is 0 Å². The van der Waals surface area contributed by atoms with Crippen LogP contribution in [0.15, 0.2) is 4.52 Å². The van der Waals surface area contributed by atoms with E-state index in [0.29, 0.717) is 30.6 Å². The van der Waals surface area contributed by atoms with Gasteiger partial charge < -0.3 is 14.6 Å². The SMILES string of the molecule is O=C1NC(=O)C2(CCC(c3nc(C4CN5CCCCC5CO4)no3)CC2)N1. The number of rotatable bonds is 2. The molecular formula is C18H25N5O4. The lowest BCUT2D eigenvalue weighted by atomic mass is 9.76. The van der Waals surface area contributed by atoms with Gasteiger partial charge in [0.15, 0.2) is 0 Å². The summed E-state index contributed by atoms with van der Waals surface area (Å²) in [5.74, 6) is 1.15. The van der Waals surface area contributed by atoms with E-state index in [2.05, 4.69) is 25.7 Å². The molecule has 0 aromatic carbocycles. The molecule has 146 valence electrons. The van der Waals surface area contributed by atoms with Crippen molar-refractivity contribution < 1.29 is 18.8 Å². The van der Waals surface area contributed by atoms with Gasteiger partial charge in [-0.2, -0.15) is 4.98 Å². The highest BCUT2D eigenvalue weighted by atomic mass is 16.5. The number of hydrogen-bond donors (Lipinski definition) is 2. The lowest BCUT2D eigenvalue weighted by Gasteiger charge is -2.41. The standard InChI is InChI=1S/C18H25N5O4/c24-16-18(21-17(25)20-16)6-4-11(5-7-18)15-19-14(22-27-15)13-9-23-8-2-1-3-12(23)10-26-13/h11-13H,1-10H2,(H2,20,21,24,25). The molecule has 1 aliphatic carbocycles. The van der Waals surface area contributed by atoms with E-state index < -0.39 is 11.6 Å². The third-order valence-corrected chi connectivity index (χ3v) is 6.59. The fourth-order valence-corrected chi connectivity index (χ4v) is 4.92. The van der Waals surface area contributed by atoms with E-state index in [1.165, 1.54) is 19.3 Å². The van der Waals surface area contributed by atoms with E-state index in [0.717, 1.165) is 32.5 Å². The van der Waals surface area contributed by atoms with Gasteiger partial charge in [0.2, 0.25) is 11.7 Å². The number of piperidine rings is 1. The van der Waals surface area contributed by atoms with Gasteiger partial charge in [-0.25, -0.2) is 4.79 Å². The van der Waals surface area contributed by atoms with Crippen LogP contribution in [0.5, 0.6) is 0 Å². The molecule has 3 amide bonds. The molecule has 2 atom stereocenters. The zero-order valence-corrected chi connectivity index (χ0v) is 15.3. The van der Waals surface area contributed by atoms with Gasteiger partial charge in [0.1, 0.15) is 11.6 Å². The third-order valence-electron chi connectivity index (χ3n) is 6.59. The predicted molar refractivity (Wildman–Crippen MR) is 92.8 cm³/mol. The largest absolute Gasteiger partial charge is 0.367 e. The summed E-state index contributed by atoms with van der Waals surface area (Å²) in [5, 5.41) is 9.30. The van der Waals surface area contributed by atoms with Crippen molar-refractivity contribution in [3.8, 4) is 0 Å². The number of aromatic nitrogens is 2. The van der Waals surface area contributed by atoms with E-state index in [1.807, 2.05) is 0 Å². The molecule has 3 aliphatic heterocycles. The molecule has 3 saturated heterocycles. The summed E-state index contributed by atoms with van der Waals surface area (Å²) in [6.07, 6.45) is 6.23. The van der Waals surface area contributed by atoms with Gasteiger partial charge in [0.05, 0.1) is 6.61 Å². The Morgan fingerprint density at radius 2 is 2.00 bits per heavy atom. The lowest BCUT2D eigenvalue weighted by molar-refractivity contribution is -0.125. The Labute approximate surface area is 157 Å². The van der Waals surface area contributed by atoms with Crippen LogP contribution in [0, 0.1) is 0 Å². The molecule has 1 aromatic heterocycles. The van der Waals surface area contributed by atoms with E-state index in [1.54, 1.807) is 0 Å². The molecule has 4 heterocycles. The van der Waals surface area contributed by atoms with Gasteiger partial charge >= 0.3 is 6.03 Å². The molecule has 1 saturated carbocycles. The third kappa shape index (κ3) is 3.02. The second-order valence-corrected chi connectivity index (χ2v) is 8.22. The number of ether oxygens (including phenoxy) is 1. The number of fused-ring (bicyclic) bond motifs is 1. The average Bonchev–Trinajstić information content (AvgIpc) is 3.27. The first-order valence-electron chi connectivity index (χ1n) is 9.96. The normalized spacial score (nSPS) is 37.1. The molecule has 27 heavy (non-hydrogen) atoms. The molecule has 4 aliphatic rings. The molecule has 4 fully saturated rings. The number of imide groups is 1. The summed E-state index contributed by atoms with van der Waals surface area (Å²) in [4.78, 5) is 30.6. The molecule has 5 rings (SSSR count). The molecule has 0 bridgehead atoms. The number of amides is 3. The molecule has 1 aromatic rings. The summed E-state index contributed by atoms with van der Waals surface area (Å²) in [6.45, 7) is 2.67. The van der Waals surface area contributed by atoms with Crippen LogP contribution >= 0.6 is 0 Å². The van der Waals surface area contributed by atoms with E-state index in [9.17, 15) is 9.59 Å². The maximum Gasteiger partial charge on any atom is 0.322 e. The Morgan fingerprint density at radius 3 is 2.78 bits per heavy atom. The van der Waals surface area contributed by atoms with E-state index in [4.69, 9.17) is 9.26 Å². The Kier molecular flexibility index (Phi) is 4.16. The minimum Gasteiger partial charge on any atom is -0.367 e. The maximum absolute atomic E-state index is 12.1. The first kappa shape index (κ1) is 17.1. The molecular weight excluding hydrogens is 350 g/mol. The Balaban J connectivity index is 1.23. The quantitative estimate of drug-likeness (QED) is 0.748. The molecule has 9 nitrogen and oxygen atoms in total. The summed E-state index contributed by atoms with van der Waals surface area (Å²) >= 11 is 0. The number of morpholine rings is 1. The first-order chi connectivity index (χ1) is 13.1. The van der Waals surface area contributed by atoms with E-state index >= 15 is 0 Å². The fraction of sp³-hybridized carbons (Fsp3) is 0.778. The topological polar surface area (TPSA) is 110 Å². The number of carbonyl (C=O) groups is 2. The Hall–Kier alpha value is -2.00. The molecule has 2 unspecified atom stereocenters. The minimum atomic E-state index is -0.758. The number of nitrogens with one attached hydrogen (secondary N) is 2. The van der Waals surface area contributed by atoms with Crippen LogP contribution < -0.4 is 10.6 Å². The second-order valence-electron chi connectivity index (χ2n) is 8.22. The number of urea groups is 1. The minimum absolute atomic E-state index is 0.119. The fourth-order valence-electron chi connectivity index (χ4n) is 4.92. The van der Waals surface area contributed by atoms with Gasteiger partial charge in [-0.1, -0.05) is 11.6 Å². The van der Waals surface area contributed by atoms with Crippen molar-refractivity contribution in [2.45, 2.75) is 68.5 Å². The Bertz CT molecular complexity index is 742. The highest BCUT2D eigenvalue weighted by molar-refractivity contribution is 6.07. The summed E-state index contributed by atoms with van der Waals surface area (Å²) in [6, 6.07) is 0.132. The van der Waals surface area contributed by atoms with Gasteiger partial charge in [0.25, 0.3) is 5.91 Å². The zero-order valence-electron chi connectivity index (χ0n) is 15.3. The van der Waals surface area contributed by atoms with Crippen LogP contribution in [-0.2, 0) is 9.53 Å². The summed E-state index contributed by atoms with van der Waals surface area (Å²) in [5.41, 5.74) is -0.758. The van der Waals surface area contributed by atoms with Crippen LogP contribution in [0.1, 0.15) is 68.7 Å². The van der Waals surface area contributed by atoms with Crippen molar-refractivity contribution in [1.82, 2.24) is 25.7 Å². The van der Waals surface area contributed by atoms with E-state index in [-0.39, 0.29) is 17.9 Å². The zero-order chi connectivity index (χ0) is 18.4. The van der Waals surface area contributed by atoms with Crippen LogP contribution in [0.3, 0.4) is 0 Å². The molecule has 0 radical (unpaired) electrons. The maximum atomic E-state index is 12.1. The summed E-state index contributed by atoms with van der Waals surface area (Å²) < 4.78 is 11.6. The highest BCUT2D eigenvalue weighted by Crippen LogP contribution is 2.39. The van der Waals surface area contributed by atoms with Crippen LogP contribution in [0.4, 0.5) is 4.79 Å². The van der Waals surface area contributed by atoms with Gasteiger partial charge in [-0.05, 0) is 45.1 Å². The average molecular weight is 375 g/mol. The monoisotopic (exact) mass is 375 g/mol. The van der Waals surface area contributed by atoms with Gasteiger partial charge in [0, 0.05) is 18.5 Å². The van der Waals surface area contributed by atoms with Crippen molar-refractivity contribution >= 4 is 11.9 Å². The van der Waals surface area contributed by atoms with Crippen LogP contribution in [0.25, 0.3) is 0 Å². The highest BCUT2D eigenvalue weighted by Gasteiger charge is 2.49.